The zero-order valence-electron chi connectivity index (χ0n) is 16.0. The number of aliphatic hydroxyl groups excluding tert-OH is 3. The Morgan fingerprint density at radius 1 is 0.920 bits per heavy atom. The zero-order chi connectivity index (χ0) is 19.3. The number of unbranched alkanes of at least 4 members (excludes halogenated alkanes) is 5. The Bertz CT molecular complexity index is 422. The molecular weight excluding hydrogens is 320 g/mol. The van der Waals surface area contributed by atoms with Crippen LogP contribution in [0, 0.1) is 17.3 Å². The normalized spacial score (nSPS) is 15.1. The average Bonchev–Trinajstić information content (AvgIpc) is 2.55. The van der Waals surface area contributed by atoms with E-state index in [1.54, 1.807) is 13.8 Å². The van der Waals surface area contributed by atoms with Gasteiger partial charge in [-0.2, -0.15) is 0 Å². The molecule has 3 unspecified atom stereocenters. The molecule has 0 aromatic heterocycles. The number of aliphatic carboxylic acids is 1. The Labute approximate surface area is 152 Å². The summed E-state index contributed by atoms with van der Waals surface area (Å²) in [6.07, 6.45) is 5.30. The highest BCUT2D eigenvalue weighted by Gasteiger charge is 2.25. The van der Waals surface area contributed by atoms with Gasteiger partial charge in [0.2, 0.25) is 0 Å². The van der Waals surface area contributed by atoms with Crippen molar-refractivity contribution in [1.29, 1.82) is 0 Å². The summed E-state index contributed by atoms with van der Waals surface area (Å²) in [7, 11) is 0. The standard InChI is InChI=1S/C20H36O5/c1-4-5-8-11-16(21)13-14-18(23)17(22)12-9-6-7-10-15-20(2,3)19(24)25/h16-18,21-23H,4-12,15H2,1-3H3,(H,24,25). The molecule has 0 aliphatic heterocycles. The first-order valence-corrected chi connectivity index (χ1v) is 9.49. The van der Waals surface area contributed by atoms with E-state index >= 15 is 0 Å². The lowest BCUT2D eigenvalue weighted by atomic mass is 9.87. The molecule has 0 heterocycles. The van der Waals surface area contributed by atoms with Gasteiger partial charge >= 0.3 is 5.97 Å². The van der Waals surface area contributed by atoms with Crippen molar-refractivity contribution < 1.29 is 25.2 Å². The van der Waals surface area contributed by atoms with Gasteiger partial charge in [0, 0.05) is 0 Å². The molecule has 5 nitrogen and oxygen atoms in total. The van der Waals surface area contributed by atoms with Crippen molar-refractivity contribution in [3.8, 4) is 11.8 Å². The fourth-order valence-corrected chi connectivity index (χ4v) is 2.48. The fraction of sp³-hybridized carbons (Fsp3) is 0.850. The SMILES string of the molecule is CCCCCC(O)C#CC(O)C(O)CCCCCCC(C)(C)C(=O)O. The molecule has 0 fully saturated rings. The summed E-state index contributed by atoms with van der Waals surface area (Å²) in [5, 5.41) is 38.4. The van der Waals surface area contributed by atoms with Crippen LogP contribution in [-0.2, 0) is 4.79 Å². The van der Waals surface area contributed by atoms with E-state index in [0.717, 1.165) is 44.9 Å². The maximum absolute atomic E-state index is 11.0. The van der Waals surface area contributed by atoms with Gasteiger partial charge in [0.25, 0.3) is 0 Å². The predicted octanol–water partition coefficient (Wildman–Crippen LogP) is 3.10. The molecule has 0 radical (unpaired) electrons. The predicted molar refractivity (Wildman–Crippen MR) is 99.1 cm³/mol. The molecule has 0 rings (SSSR count). The van der Waals surface area contributed by atoms with E-state index in [0.29, 0.717) is 19.3 Å². The number of aliphatic hydroxyl groups is 3. The number of carboxylic acids is 1. The molecule has 5 heteroatoms. The smallest absolute Gasteiger partial charge is 0.309 e. The molecule has 0 saturated carbocycles. The van der Waals surface area contributed by atoms with E-state index in [9.17, 15) is 20.1 Å². The second-order valence-corrected chi connectivity index (χ2v) is 7.45. The van der Waals surface area contributed by atoms with Crippen molar-refractivity contribution >= 4 is 5.97 Å². The Balaban J connectivity index is 3.88. The highest BCUT2D eigenvalue weighted by atomic mass is 16.4. The summed E-state index contributed by atoms with van der Waals surface area (Å²) in [5.41, 5.74) is -0.691. The minimum absolute atomic E-state index is 0.449. The largest absolute Gasteiger partial charge is 0.481 e. The van der Waals surface area contributed by atoms with E-state index in [2.05, 4.69) is 18.8 Å². The molecule has 0 aliphatic carbocycles. The molecule has 0 bridgehead atoms. The summed E-state index contributed by atoms with van der Waals surface area (Å²) < 4.78 is 0. The highest BCUT2D eigenvalue weighted by Crippen LogP contribution is 2.24. The van der Waals surface area contributed by atoms with Crippen molar-refractivity contribution in [2.24, 2.45) is 5.41 Å². The zero-order valence-corrected chi connectivity index (χ0v) is 16.0. The number of hydrogen-bond acceptors (Lipinski definition) is 4. The Morgan fingerprint density at radius 3 is 2.12 bits per heavy atom. The van der Waals surface area contributed by atoms with Gasteiger partial charge in [-0.05, 0) is 39.5 Å². The van der Waals surface area contributed by atoms with E-state index in [-0.39, 0.29) is 0 Å². The Morgan fingerprint density at radius 2 is 1.52 bits per heavy atom. The van der Waals surface area contributed by atoms with Crippen molar-refractivity contribution in [3.63, 3.8) is 0 Å². The van der Waals surface area contributed by atoms with E-state index in [4.69, 9.17) is 5.11 Å². The van der Waals surface area contributed by atoms with E-state index in [1.807, 2.05) is 0 Å². The molecule has 0 aliphatic rings. The molecule has 0 amide bonds. The second kappa shape index (κ2) is 13.2. The lowest BCUT2D eigenvalue weighted by Gasteiger charge is -2.18. The van der Waals surface area contributed by atoms with Crippen molar-refractivity contribution in [2.45, 2.75) is 103 Å². The molecule has 146 valence electrons. The number of carbonyl (C=O) groups is 1. The summed E-state index contributed by atoms with van der Waals surface area (Å²) in [6.45, 7) is 5.54. The van der Waals surface area contributed by atoms with Crippen LogP contribution < -0.4 is 0 Å². The first-order chi connectivity index (χ1) is 11.7. The summed E-state index contributed by atoms with van der Waals surface area (Å²) >= 11 is 0. The first-order valence-electron chi connectivity index (χ1n) is 9.49. The maximum atomic E-state index is 11.0. The van der Waals surface area contributed by atoms with Crippen LogP contribution in [0.15, 0.2) is 0 Å². The molecule has 0 aromatic carbocycles. The molecule has 25 heavy (non-hydrogen) atoms. The molecule has 0 spiro atoms. The van der Waals surface area contributed by atoms with Gasteiger partial charge in [0.15, 0.2) is 0 Å². The van der Waals surface area contributed by atoms with E-state index < -0.39 is 29.7 Å². The highest BCUT2D eigenvalue weighted by molar-refractivity contribution is 5.73. The molecule has 0 aromatic rings. The van der Waals surface area contributed by atoms with Crippen LogP contribution in [-0.4, -0.2) is 44.7 Å². The van der Waals surface area contributed by atoms with Crippen LogP contribution in [0.25, 0.3) is 0 Å². The van der Waals surface area contributed by atoms with Gasteiger partial charge in [-0.25, -0.2) is 0 Å². The molecule has 0 saturated heterocycles. The van der Waals surface area contributed by atoms with E-state index in [1.165, 1.54) is 0 Å². The topological polar surface area (TPSA) is 98.0 Å². The van der Waals surface area contributed by atoms with Crippen LogP contribution in [0.4, 0.5) is 0 Å². The summed E-state index contributed by atoms with van der Waals surface area (Å²) in [4.78, 5) is 11.0. The third kappa shape index (κ3) is 12.0. The van der Waals surface area contributed by atoms with Crippen LogP contribution in [0.1, 0.15) is 85.0 Å². The van der Waals surface area contributed by atoms with Crippen molar-refractivity contribution in [2.75, 3.05) is 0 Å². The second-order valence-electron chi connectivity index (χ2n) is 7.45. The quantitative estimate of drug-likeness (QED) is 0.300. The number of rotatable bonds is 13. The molecule has 4 N–H and O–H groups in total. The van der Waals surface area contributed by atoms with Crippen LogP contribution in [0.2, 0.25) is 0 Å². The third-order valence-corrected chi connectivity index (χ3v) is 4.47. The fourth-order valence-electron chi connectivity index (χ4n) is 2.48. The summed E-state index contributed by atoms with van der Waals surface area (Å²) in [6, 6.07) is 0. The average molecular weight is 357 g/mol. The maximum Gasteiger partial charge on any atom is 0.309 e. The Hall–Kier alpha value is -1.09. The van der Waals surface area contributed by atoms with Gasteiger partial charge < -0.3 is 20.4 Å². The van der Waals surface area contributed by atoms with Crippen LogP contribution in [0.5, 0.6) is 0 Å². The van der Waals surface area contributed by atoms with Gasteiger partial charge in [-0.3, -0.25) is 4.79 Å². The lowest BCUT2D eigenvalue weighted by molar-refractivity contribution is -0.147. The van der Waals surface area contributed by atoms with Crippen molar-refractivity contribution in [1.82, 2.24) is 0 Å². The first kappa shape index (κ1) is 23.9. The van der Waals surface area contributed by atoms with Crippen LogP contribution in [0.3, 0.4) is 0 Å². The molecule has 3 atom stereocenters. The summed E-state index contributed by atoms with van der Waals surface area (Å²) in [5.74, 6) is 4.36. The lowest BCUT2D eigenvalue weighted by Crippen LogP contribution is -2.24. The monoisotopic (exact) mass is 356 g/mol. The van der Waals surface area contributed by atoms with Crippen LogP contribution >= 0.6 is 0 Å². The van der Waals surface area contributed by atoms with Crippen molar-refractivity contribution in [3.05, 3.63) is 0 Å². The van der Waals surface area contributed by atoms with Gasteiger partial charge in [0.1, 0.15) is 12.2 Å². The number of hydrogen-bond donors (Lipinski definition) is 4. The molecular formula is C20H36O5. The third-order valence-electron chi connectivity index (χ3n) is 4.47. The van der Waals surface area contributed by atoms with Gasteiger partial charge in [-0.15, -0.1) is 0 Å². The minimum atomic E-state index is -1.13. The minimum Gasteiger partial charge on any atom is -0.481 e. The van der Waals surface area contributed by atoms with Gasteiger partial charge in [-0.1, -0.05) is 57.3 Å². The number of carboxylic acid groups (broad SMARTS) is 1. The Kier molecular flexibility index (Phi) is 12.6. The van der Waals surface area contributed by atoms with Gasteiger partial charge in [0.05, 0.1) is 11.5 Å².